The Hall–Kier alpha value is -0.790. The molecule has 0 fully saturated rings. The fourth-order valence-corrected chi connectivity index (χ4v) is 1.02. The summed E-state index contributed by atoms with van der Waals surface area (Å²) < 4.78 is 0. The second-order valence-electron chi connectivity index (χ2n) is 3.06. The van der Waals surface area contributed by atoms with E-state index >= 15 is 0 Å². The second kappa shape index (κ2) is 5.81. The molecule has 2 nitrogen and oxygen atoms in total. The van der Waals surface area contributed by atoms with Crippen LogP contribution in [-0.2, 0) is 4.79 Å². The molecule has 1 atom stereocenters. The minimum Gasteiger partial charge on any atom is -0.478 e. The highest BCUT2D eigenvalue weighted by Crippen LogP contribution is 2.15. The third-order valence-corrected chi connectivity index (χ3v) is 2.04. The molecule has 0 radical (unpaired) electrons. The summed E-state index contributed by atoms with van der Waals surface area (Å²) in [6.07, 6.45) is 4.61. The molecule has 0 spiro atoms. The quantitative estimate of drug-likeness (QED) is 0.644. The molecule has 0 aliphatic carbocycles. The van der Waals surface area contributed by atoms with Gasteiger partial charge in [0.1, 0.15) is 0 Å². The Morgan fingerprint density at radius 1 is 1.50 bits per heavy atom. The maximum atomic E-state index is 10.7. The van der Waals surface area contributed by atoms with Gasteiger partial charge in [-0.2, -0.15) is 0 Å². The van der Waals surface area contributed by atoms with E-state index in [1.54, 1.807) is 0 Å². The molecule has 2 heteroatoms. The van der Waals surface area contributed by atoms with Crippen LogP contribution in [0.2, 0.25) is 0 Å². The van der Waals surface area contributed by atoms with Crippen molar-refractivity contribution < 1.29 is 9.90 Å². The number of aliphatic carboxylic acids is 1. The smallest absolute Gasteiger partial charge is 0.331 e. The molecule has 1 unspecified atom stereocenters. The molecule has 0 heterocycles. The Balaban J connectivity index is 4.32. The van der Waals surface area contributed by atoms with Crippen LogP contribution in [0.4, 0.5) is 0 Å². The fraction of sp³-hybridized carbons (Fsp3) is 0.700. The van der Waals surface area contributed by atoms with Crippen molar-refractivity contribution in [3.63, 3.8) is 0 Å². The number of hydrogen-bond donors (Lipinski definition) is 1. The molecule has 0 saturated heterocycles. The third kappa shape index (κ3) is 3.56. The van der Waals surface area contributed by atoms with Gasteiger partial charge in [-0.15, -0.1) is 0 Å². The highest BCUT2D eigenvalue weighted by Gasteiger charge is 2.12. The lowest BCUT2D eigenvalue weighted by Crippen LogP contribution is -2.08. The Kier molecular flexibility index (Phi) is 5.43. The van der Waals surface area contributed by atoms with Crippen LogP contribution < -0.4 is 0 Å². The highest BCUT2D eigenvalue weighted by atomic mass is 16.4. The van der Waals surface area contributed by atoms with Crippen LogP contribution >= 0.6 is 0 Å². The molecule has 0 aromatic rings. The van der Waals surface area contributed by atoms with Crippen LogP contribution in [0, 0.1) is 5.92 Å². The molecular formula is C10H18O2. The molecule has 0 aliphatic rings. The molecule has 70 valence electrons. The summed E-state index contributed by atoms with van der Waals surface area (Å²) in [6.45, 7) is 6.01. The number of rotatable bonds is 5. The number of carbonyl (C=O) groups is 1. The summed E-state index contributed by atoms with van der Waals surface area (Å²) in [5.74, 6) is -0.591. The molecule has 0 aromatic heterocycles. The SMILES string of the molecule is CCCC=C(C(=O)O)C(C)CC. The van der Waals surface area contributed by atoms with Crippen molar-refractivity contribution in [2.45, 2.75) is 40.0 Å². The first-order chi connectivity index (χ1) is 5.63. The molecule has 0 bridgehead atoms. The lowest BCUT2D eigenvalue weighted by molar-refractivity contribution is -0.133. The number of hydrogen-bond acceptors (Lipinski definition) is 1. The maximum Gasteiger partial charge on any atom is 0.331 e. The van der Waals surface area contributed by atoms with Crippen LogP contribution in [-0.4, -0.2) is 11.1 Å². The average molecular weight is 170 g/mol. The first kappa shape index (κ1) is 11.2. The largest absolute Gasteiger partial charge is 0.478 e. The summed E-state index contributed by atoms with van der Waals surface area (Å²) in [5, 5.41) is 8.83. The normalized spacial score (nSPS) is 14.4. The van der Waals surface area contributed by atoms with Gasteiger partial charge in [-0.1, -0.05) is 33.3 Å². The van der Waals surface area contributed by atoms with E-state index in [9.17, 15) is 4.79 Å². The second-order valence-corrected chi connectivity index (χ2v) is 3.06. The van der Waals surface area contributed by atoms with Gasteiger partial charge < -0.3 is 5.11 Å². The summed E-state index contributed by atoms with van der Waals surface area (Å²) in [4.78, 5) is 10.7. The molecule has 0 aromatic carbocycles. The van der Waals surface area contributed by atoms with Crippen molar-refractivity contribution in [3.8, 4) is 0 Å². The maximum absolute atomic E-state index is 10.7. The number of allylic oxidation sites excluding steroid dienone is 1. The Morgan fingerprint density at radius 3 is 2.42 bits per heavy atom. The van der Waals surface area contributed by atoms with Gasteiger partial charge in [-0.3, -0.25) is 0 Å². The minimum atomic E-state index is -0.766. The van der Waals surface area contributed by atoms with E-state index in [4.69, 9.17) is 5.11 Å². The number of carboxylic acid groups (broad SMARTS) is 1. The van der Waals surface area contributed by atoms with Gasteiger partial charge in [-0.05, 0) is 18.8 Å². The molecule has 0 saturated carbocycles. The van der Waals surface area contributed by atoms with Gasteiger partial charge in [-0.25, -0.2) is 4.79 Å². The Bertz CT molecular complexity index is 171. The van der Waals surface area contributed by atoms with Gasteiger partial charge in [0.05, 0.1) is 0 Å². The standard InChI is InChI=1S/C10H18O2/c1-4-6-7-9(10(11)12)8(3)5-2/h7-8H,4-6H2,1-3H3,(H,11,12). The van der Waals surface area contributed by atoms with Crippen LogP contribution in [0.25, 0.3) is 0 Å². The first-order valence-electron chi connectivity index (χ1n) is 4.56. The van der Waals surface area contributed by atoms with E-state index in [2.05, 4.69) is 0 Å². The molecule has 0 amide bonds. The zero-order valence-corrected chi connectivity index (χ0v) is 8.13. The third-order valence-electron chi connectivity index (χ3n) is 2.04. The van der Waals surface area contributed by atoms with E-state index in [0.29, 0.717) is 5.57 Å². The minimum absolute atomic E-state index is 0.175. The summed E-state index contributed by atoms with van der Waals surface area (Å²) in [5.41, 5.74) is 0.569. The zero-order valence-electron chi connectivity index (χ0n) is 8.13. The molecule has 0 aliphatic heterocycles. The van der Waals surface area contributed by atoms with Gasteiger partial charge in [0, 0.05) is 5.57 Å². The molecule has 12 heavy (non-hydrogen) atoms. The number of carboxylic acids is 1. The van der Waals surface area contributed by atoms with E-state index in [1.807, 2.05) is 26.8 Å². The zero-order chi connectivity index (χ0) is 9.56. The van der Waals surface area contributed by atoms with Gasteiger partial charge >= 0.3 is 5.97 Å². The van der Waals surface area contributed by atoms with Crippen molar-refractivity contribution in [2.75, 3.05) is 0 Å². The van der Waals surface area contributed by atoms with Gasteiger partial charge in [0.2, 0.25) is 0 Å². The average Bonchev–Trinajstić information content (AvgIpc) is 2.04. The van der Waals surface area contributed by atoms with E-state index < -0.39 is 5.97 Å². The summed E-state index contributed by atoms with van der Waals surface area (Å²) in [7, 11) is 0. The van der Waals surface area contributed by atoms with Crippen LogP contribution in [0.5, 0.6) is 0 Å². The van der Waals surface area contributed by atoms with Crippen molar-refractivity contribution in [1.82, 2.24) is 0 Å². The van der Waals surface area contributed by atoms with Crippen LogP contribution in [0.1, 0.15) is 40.0 Å². The van der Waals surface area contributed by atoms with E-state index in [1.165, 1.54) is 0 Å². The predicted molar refractivity (Wildman–Crippen MR) is 50.1 cm³/mol. The first-order valence-corrected chi connectivity index (χ1v) is 4.56. The topological polar surface area (TPSA) is 37.3 Å². The van der Waals surface area contributed by atoms with Crippen molar-refractivity contribution in [3.05, 3.63) is 11.6 Å². The Labute approximate surface area is 74.3 Å². The van der Waals surface area contributed by atoms with E-state index in [-0.39, 0.29) is 5.92 Å². The van der Waals surface area contributed by atoms with Crippen LogP contribution in [0.15, 0.2) is 11.6 Å². The lowest BCUT2D eigenvalue weighted by Gasteiger charge is -2.08. The van der Waals surface area contributed by atoms with Gasteiger partial charge in [0.25, 0.3) is 0 Å². The lowest BCUT2D eigenvalue weighted by atomic mass is 9.97. The van der Waals surface area contributed by atoms with Crippen molar-refractivity contribution >= 4 is 5.97 Å². The summed E-state index contributed by atoms with van der Waals surface area (Å²) >= 11 is 0. The van der Waals surface area contributed by atoms with Crippen molar-refractivity contribution in [1.29, 1.82) is 0 Å². The summed E-state index contributed by atoms with van der Waals surface area (Å²) in [6, 6.07) is 0. The van der Waals surface area contributed by atoms with Crippen molar-refractivity contribution in [2.24, 2.45) is 5.92 Å². The predicted octanol–water partition coefficient (Wildman–Crippen LogP) is 2.84. The fourth-order valence-electron chi connectivity index (χ4n) is 1.02. The van der Waals surface area contributed by atoms with Crippen LogP contribution in [0.3, 0.4) is 0 Å². The van der Waals surface area contributed by atoms with Gasteiger partial charge in [0.15, 0.2) is 0 Å². The van der Waals surface area contributed by atoms with E-state index in [0.717, 1.165) is 19.3 Å². The Morgan fingerprint density at radius 2 is 2.08 bits per heavy atom. The monoisotopic (exact) mass is 170 g/mol. The number of unbranched alkanes of at least 4 members (excludes halogenated alkanes) is 1. The highest BCUT2D eigenvalue weighted by molar-refractivity contribution is 5.87. The molecule has 1 N–H and O–H groups in total. The molecule has 0 rings (SSSR count). The molecular weight excluding hydrogens is 152 g/mol.